The fourth-order valence-corrected chi connectivity index (χ4v) is 0.811. The molecule has 0 saturated heterocycles. The summed E-state index contributed by atoms with van der Waals surface area (Å²) < 4.78 is 10.4. The van der Waals surface area contributed by atoms with Gasteiger partial charge in [0.15, 0.2) is 0 Å². The molecule has 13 heavy (non-hydrogen) atoms. The summed E-state index contributed by atoms with van der Waals surface area (Å²) in [4.78, 5) is 0. The molecule has 0 aliphatic heterocycles. The standard InChI is InChI=1S/C10H19NO2/c1-3-7-12-9-5-11-6-10-13-8-4-2/h3-4,11H,1-2,5-10H2/p+1. The molecule has 0 aromatic heterocycles. The van der Waals surface area contributed by atoms with Crippen molar-refractivity contribution in [3.8, 4) is 0 Å². The summed E-state index contributed by atoms with van der Waals surface area (Å²) in [5.74, 6) is 0. The number of rotatable bonds is 10. The minimum Gasteiger partial charge on any atom is -0.372 e. The van der Waals surface area contributed by atoms with Gasteiger partial charge in [-0.05, 0) is 0 Å². The molecular weight excluding hydrogens is 166 g/mol. The van der Waals surface area contributed by atoms with Crippen LogP contribution in [-0.2, 0) is 9.47 Å². The average molecular weight is 186 g/mol. The Kier molecular flexibility index (Phi) is 10.8. The highest BCUT2D eigenvalue weighted by molar-refractivity contribution is 4.63. The molecule has 3 heteroatoms. The second-order valence-electron chi connectivity index (χ2n) is 2.59. The van der Waals surface area contributed by atoms with E-state index in [1.165, 1.54) is 0 Å². The van der Waals surface area contributed by atoms with Crippen molar-refractivity contribution in [2.24, 2.45) is 0 Å². The van der Waals surface area contributed by atoms with E-state index < -0.39 is 0 Å². The fourth-order valence-electron chi connectivity index (χ4n) is 0.811. The SMILES string of the molecule is C=CCOCC[NH2+]CCOCC=C. The summed E-state index contributed by atoms with van der Waals surface area (Å²) in [6.45, 7) is 11.9. The van der Waals surface area contributed by atoms with Crippen LogP contribution in [0.3, 0.4) is 0 Å². The third kappa shape index (κ3) is 11.4. The van der Waals surface area contributed by atoms with E-state index in [0.29, 0.717) is 13.2 Å². The molecule has 0 rings (SSSR count). The highest BCUT2D eigenvalue weighted by Gasteiger charge is 1.90. The predicted molar refractivity (Wildman–Crippen MR) is 53.7 cm³/mol. The molecule has 2 N–H and O–H groups in total. The average Bonchev–Trinajstić information content (AvgIpc) is 2.16. The van der Waals surface area contributed by atoms with E-state index in [4.69, 9.17) is 9.47 Å². The summed E-state index contributed by atoms with van der Waals surface area (Å²) in [5.41, 5.74) is 0. The van der Waals surface area contributed by atoms with E-state index in [2.05, 4.69) is 18.5 Å². The Hall–Kier alpha value is -0.640. The van der Waals surface area contributed by atoms with Gasteiger partial charge in [-0.2, -0.15) is 0 Å². The largest absolute Gasteiger partial charge is 0.372 e. The maximum Gasteiger partial charge on any atom is 0.0993 e. The number of hydrogen-bond acceptors (Lipinski definition) is 2. The molecule has 0 unspecified atom stereocenters. The molecule has 0 fully saturated rings. The Morgan fingerprint density at radius 2 is 1.38 bits per heavy atom. The molecule has 0 aromatic carbocycles. The first-order valence-corrected chi connectivity index (χ1v) is 4.60. The van der Waals surface area contributed by atoms with Crippen molar-refractivity contribution in [1.29, 1.82) is 0 Å². The van der Waals surface area contributed by atoms with Crippen LogP contribution in [0.2, 0.25) is 0 Å². The first kappa shape index (κ1) is 12.4. The molecule has 0 spiro atoms. The van der Waals surface area contributed by atoms with E-state index in [9.17, 15) is 0 Å². The number of nitrogens with two attached hydrogens (primary N) is 1. The summed E-state index contributed by atoms with van der Waals surface area (Å²) in [6, 6.07) is 0. The van der Waals surface area contributed by atoms with Crippen molar-refractivity contribution in [2.75, 3.05) is 39.5 Å². The van der Waals surface area contributed by atoms with Crippen LogP contribution in [0.5, 0.6) is 0 Å². The van der Waals surface area contributed by atoms with E-state index in [1.807, 2.05) is 0 Å². The lowest BCUT2D eigenvalue weighted by Gasteiger charge is -2.02. The molecule has 0 bridgehead atoms. The van der Waals surface area contributed by atoms with E-state index in [0.717, 1.165) is 26.3 Å². The van der Waals surface area contributed by atoms with Crippen LogP contribution in [-0.4, -0.2) is 39.5 Å². The first-order valence-electron chi connectivity index (χ1n) is 4.60. The highest BCUT2D eigenvalue weighted by Crippen LogP contribution is 1.71. The second kappa shape index (κ2) is 11.4. The number of ether oxygens (including phenoxy) is 2. The molecule has 0 aliphatic carbocycles. The zero-order chi connectivity index (χ0) is 9.78. The van der Waals surface area contributed by atoms with Crippen molar-refractivity contribution in [1.82, 2.24) is 0 Å². The monoisotopic (exact) mass is 186 g/mol. The lowest BCUT2D eigenvalue weighted by atomic mass is 10.6. The van der Waals surface area contributed by atoms with Crippen LogP contribution in [0.4, 0.5) is 0 Å². The molecule has 3 nitrogen and oxygen atoms in total. The van der Waals surface area contributed by atoms with Gasteiger partial charge in [-0.15, -0.1) is 13.2 Å². The molecule has 0 atom stereocenters. The van der Waals surface area contributed by atoms with E-state index >= 15 is 0 Å². The van der Waals surface area contributed by atoms with Crippen LogP contribution >= 0.6 is 0 Å². The Labute approximate surface area is 80.4 Å². The molecule has 0 aromatic rings. The highest BCUT2D eigenvalue weighted by atomic mass is 16.5. The minimum atomic E-state index is 0.640. The van der Waals surface area contributed by atoms with Crippen LogP contribution < -0.4 is 5.32 Å². The zero-order valence-corrected chi connectivity index (χ0v) is 8.21. The van der Waals surface area contributed by atoms with Crippen molar-refractivity contribution >= 4 is 0 Å². The summed E-state index contributed by atoms with van der Waals surface area (Å²) in [5, 5.41) is 2.17. The Bertz CT molecular complexity index is 112. The quantitative estimate of drug-likeness (QED) is 0.384. The lowest BCUT2D eigenvalue weighted by molar-refractivity contribution is -0.657. The molecular formula is C10H20NO2+. The third-order valence-corrected chi connectivity index (χ3v) is 1.40. The topological polar surface area (TPSA) is 35.1 Å². The predicted octanol–water partition coefficient (Wildman–Crippen LogP) is -0.0450. The normalized spacial score (nSPS) is 9.85. The fraction of sp³-hybridized carbons (Fsp3) is 0.600. The van der Waals surface area contributed by atoms with Crippen molar-refractivity contribution in [2.45, 2.75) is 0 Å². The molecule has 0 saturated carbocycles. The molecule has 0 aliphatic rings. The number of quaternary nitrogens is 1. The molecule has 76 valence electrons. The minimum absolute atomic E-state index is 0.640. The molecule has 0 radical (unpaired) electrons. The van der Waals surface area contributed by atoms with Crippen LogP contribution in [0, 0.1) is 0 Å². The maximum absolute atomic E-state index is 5.20. The smallest absolute Gasteiger partial charge is 0.0993 e. The zero-order valence-electron chi connectivity index (χ0n) is 8.21. The van der Waals surface area contributed by atoms with Crippen molar-refractivity contribution < 1.29 is 14.8 Å². The van der Waals surface area contributed by atoms with Crippen molar-refractivity contribution in [3.63, 3.8) is 0 Å². The van der Waals surface area contributed by atoms with Gasteiger partial charge in [0.05, 0.1) is 39.5 Å². The first-order chi connectivity index (χ1) is 6.41. The Balaban J connectivity index is 2.83. The van der Waals surface area contributed by atoms with Gasteiger partial charge in [-0.25, -0.2) is 0 Å². The van der Waals surface area contributed by atoms with Gasteiger partial charge in [0.1, 0.15) is 0 Å². The second-order valence-corrected chi connectivity index (χ2v) is 2.59. The summed E-state index contributed by atoms with van der Waals surface area (Å²) in [6.07, 6.45) is 3.51. The summed E-state index contributed by atoms with van der Waals surface area (Å²) in [7, 11) is 0. The Morgan fingerprint density at radius 1 is 0.923 bits per heavy atom. The van der Waals surface area contributed by atoms with Crippen molar-refractivity contribution in [3.05, 3.63) is 25.3 Å². The maximum atomic E-state index is 5.20. The van der Waals surface area contributed by atoms with Gasteiger partial charge >= 0.3 is 0 Å². The lowest BCUT2D eigenvalue weighted by Crippen LogP contribution is -2.86. The van der Waals surface area contributed by atoms with Crippen LogP contribution in [0.15, 0.2) is 25.3 Å². The Morgan fingerprint density at radius 3 is 1.77 bits per heavy atom. The van der Waals surface area contributed by atoms with Crippen LogP contribution in [0.1, 0.15) is 0 Å². The number of hydrogen-bond donors (Lipinski definition) is 1. The van der Waals surface area contributed by atoms with Gasteiger partial charge in [0, 0.05) is 0 Å². The molecule has 0 amide bonds. The molecule has 0 heterocycles. The van der Waals surface area contributed by atoms with Gasteiger partial charge in [-0.3, -0.25) is 0 Å². The third-order valence-electron chi connectivity index (χ3n) is 1.40. The van der Waals surface area contributed by atoms with Gasteiger partial charge in [-0.1, -0.05) is 12.2 Å². The van der Waals surface area contributed by atoms with Crippen LogP contribution in [0.25, 0.3) is 0 Å². The van der Waals surface area contributed by atoms with Gasteiger partial charge in [0.25, 0.3) is 0 Å². The summed E-state index contributed by atoms with van der Waals surface area (Å²) >= 11 is 0. The van der Waals surface area contributed by atoms with E-state index in [1.54, 1.807) is 12.2 Å². The van der Waals surface area contributed by atoms with E-state index in [-0.39, 0.29) is 0 Å². The van der Waals surface area contributed by atoms with Gasteiger partial charge in [0.2, 0.25) is 0 Å². The van der Waals surface area contributed by atoms with Gasteiger partial charge < -0.3 is 14.8 Å².